The first-order valence-electron chi connectivity index (χ1n) is 5.53. The van der Waals surface area contributed by atoms with Crippen LogP contribution in [0, 0.1) is 0 Å². The van der Waals surface area contributed by atoms with Gasteiger partial charge in [0.05, 0.1) is 4.91 Å². The standard InChI is InChI=1S/C15H9ClOS/c16-11-7-5-10(6-8-11)9-14-15(17)12-3-1-2-4-13(12)18-14/h1-9H/b14-9-. The van der Waals surface area contributed by atoms with Gasteiger partial charge in [0.2, 0.25) is 5.78 Å². The zero-order valence-electron chi connectivity index (χ0n) is 9.39. The van der Waals surface area contributed by atoms with E-state index < -0.39 is 0 Å². The van der Waals surface area contributed by atoms with E-state index in [1.807, 2.05) is 54.6 Å². The van der Waals surface area contributed by atoms with E-state index in [1.165, 1.54) is 11.8 Å². The number of carbonyl (C=O) groups excluding carboxylic acids is 1. The van der Waals surface area contributed by atoms with E-state index >= 15 is 0 Å². The summed E-state index contributed by atoms with van der Waals surface area (Å²) in [7, 11) is 0. The van der Waals surface area contributed by atoms with Crippen molar-refractivity contribution < 1.29 is 4.79 Å². The van der Waals surface area contributed by atoms with Crippen molar-refractivity contribution in [1.29, 1.82) is 0 Å². The molecule has 3 rings (SSSR count). The predicted molar refractivity (Wildman–Crippen MR) is 76.1 cm³/mol. The average Bonchev–Trinajstić information content (AvgIpc) is 2.70. The highest BCUT2D eigenvalue weighted by Gasteiger charge is 2.24. The molecule has 0 radical (unpaired) electrons. The molecule has 18 heavy (non-hydrogen) atoms. The molecule has 0 fully saturated rings. The van der Waals surface area contributed by atoms with Crippen LogP contribution in [0.25, 0.3) is 6.08 Å². The summed E-state index contributed by atoms with van der Waals surface area (Å²) in [6, 6.07) is 15.1. The van der Waals surface area contributed by atoms with Crippen molar-refractivity contribution in [2.45, 2.75) is 4.90 Å². The smallest absolute Gasteiger partial charge is 0.200 e. The average molecular weight is 273 g/mol. The molecule has 0 N–H and O–H groups in total. The molecule has 0 spiro atoms. The Bertz CT molecular complexity index is 644. The van der Waals surface area contributed by atoms with Crippen LogP contribution in [0.3, 0.4) is 0 Å². The summed E-state index contributed by atoms with van der Waals surface area (Å²) in [6.45, 7) is 0. The number of fused-ring (bicyclic) bond motifs is 1. The van der Waals surface area contributed by atoms with Crippen LogP contribution in [-0.2, 0) is 0 Å². The maximum Gasteiger partial charge on any atom is 0.200 e. The lowest BCUT2D eigenvalue weighted by Gasteiger charge is -1.96. The Morgan fingerprint density at radius 1 is 1.00 bits per heavy atom. The molecule has 0 aromatic heterocycles. The number of ketones is 1. The number of halogens is 1. The quantitative estimate of drug-likeness (QED) is 0.702. The highest BCUT2D eigenvalue weighted by Crippen LogP contribution is 2.40. The van der Waals surface area contributed by atoms with Crippen molar-refractivity contribution in [3.63, 3.8) is 0 Å². The molecule has 0 bridgehead atoms. The molecule has 1 heterocycles. The third-order valence-electron chi connectivity index (χ3n) is 2.74. The Labute approximate surface area is 114 Å². The van der Waals surface area contributed by atoms with Crippen molar-refractivity contribution in [1.82, 2.24) is 0 Å². The highest BCUT2D eigenvalue weighted by atomic mass is 35.5. The number of benzene rings is 2. The van der Waals surface area contributed by atoms with E-state index in [0.717, 1.165) is 20.9 Å². The summed E-state index contributed by atoms with van der Waals surface area (Å²) < 4.78 is 0. The van der Waals surface area contributed by atoms with Gasteiger partial charge >= 0.3 is 0 Å². The maximum absolute atomic E-state index is 12.2. The van der Waals surface area contributed by atoms with Crippen LogP contribution in [0.15, 0.2) is 58.3 Å². The molecule has 1 aliphatic heterocycles. The van der Waals surface area contributed by atoms with Crippen LogP contribution in [0.5, 0.6) is 0 Å². The van der Waals surface area contributed by atoms with Gasteiger partial charge in [-0.15, -0.1) is 0 Å². The van der Waals surface area contributed by atoms with Gasteiger partial charge in [-0.25, -0.2) is 0 Å². The Hall–Kier alpha value is -1.51. The maximum atomic E-state index is 12.2. The minimum Gasteiger partial charge on any atom is -0.288 e. The molecule has 2 aromatic rings. The number of allylic oxidation sites excluding steroid dienone is 1. The summed E-state index contributed by atoms with van der Waals surface area (Å²) >= 11 is 7.36. The summed E-state index contributed by atoms with van der Waals surface area (Å²) in [6.07, 6.45) is 1.91. The zero-order valence-corrected chi connectivity index (χ0v) is 11.0. The number of carbonyl (C=O) groups is 1. The van der Waals surface area contributed by atoms with Crippen LogP contribution in [-0.4, -0.2) is 5.78 Å². The summed E-state index contributed by atoms with van der Waals surface area (Å²) in [4.78, 5) is 13.9. The van der Waals surface area contributed by atoms with Gasteiger partial charge in [-0.2, -0.15) is 0 Å². The number of rotatable bonds is 1. The van der Waals surface area contributed by atoms with Crippen LogP contribution in [0.4, 0.5) is 0 Å². The van der Waals surface area contributed by atoms with Gasteiger partial charge < -0.3 is 0 Å². The van der Waals surface area contributed by atoms with Gasteiger partial charge in [0.15, 0.2) is 0 Å². The molecule has 1 nitrogen and oxygen atoms in total. The topological polar surface area (TPSA) is 17.1 Å². The lowest BCUT2D eigenvalue weighted by Crippen LogP contribution is -1.93. The molecule has 0 saturated carbocycles. The fraction of sp³-hybridized carbons (Fsp3) is 0. The zero-order chi connectivity index (χ0) is 12.5. The first kappa shape index (κ1) is 11.6. The van der Waals surface area contributed by atoms with Crippen molar-refractivity contribution >= 4 is 35.2 Å². The van der Waals surface area contributed by atoms with Crippen LogP contribution in [0.2, 0.25) is 5.02 Å². The fourth-order valence-electron chi connectivity index (χ4n) is 1.85. The van der Waals surface area contributed by atoms with Gasteiger partial charge in [-0.3, -0.25) is 4.79 Å². The second-order valence-corrected chi connectivity index (χ2v) is 5.51. The summed E-state index contributed by atoms with van der Waals surface area (Å²) in [5.74, 6) is 0.102. The minimum atomic E-state index is 0.102. The SMILES string of the molecule is O=C1/C(=C/c2ccc(Cl)cc2)Sc2ccccc21. The summed E-state index contributed by atoms with van der Waals surface area (Å²) in [5.41, 5.74) is 1.78. The van der Waals surface area contributed by atoms with Crippen molar-refractivity contribution in [2.75, 3.05) is 0 Å². The summed E-state index contributed by atoms with van der Waals surface area (Å²) in [5, 5.41) is 0.700. The molecular weight excluding hydrogens is 264 g/mol. The van der Waals surface area contributed by atoms with Gasteiger partial charge in [0, 0.05) is 15.5 Å². The van der Waals surface area contributed by atoms with Crippen molar-refractivity contribution in [2.24, 2.45) is 0 Å². The highest BCUT2D eigenvalue weighted by molar-refractivity contribution is 8.04. The molecule has 0 unspecified atom stereocenters. The lowest BCUT2D eigenvalue weighted by atomic mass is 10.1. The molecule has 0 amide bonds. The first-order chi connectivity index (χ1) is 8.74. The van der Waals surface area contributed by atoms with E-state index in [2.05, 4.69) is 0 Å². The Morgan fingerprint density at radius 2 is 1.72 bits per heavy atom. The van der Waals surface area contributed by atoms with Gasteiger partial charge in [-0.05, 0) is 35.9 Å². The Morgan fingerprint density at radius 3 is 2.44 bits per heavy atom. The normalized spacial score (nSPS) is 16.1. The fourth-order valence-corrected chi connectivity index (χ4v) is 3.02. The lowest BCUT2D eigenvalue weighted by molar-refractivity contribution is 0.104. The van der Waals surface area contributed by atoms with E-state index in [1.54, 1.807) is 0 Å². The molecule has 0 saturated heterocycles. The number of Topliss-reactive ketones (excluding diaryl/α,β-unsaturated/α-hetero) is 1. The molecule has 0 atom stereocenters. The van der Waals surface area contributed by atoms with E-state index in [9.17, 15) is 4.79 Å². The third-order valence-corrected chi connectivity index (χ3v) is 4.09. The van der Waals surface area contributed by atoms with Gasteiger partial charge in [0.25, 0.3) is 0 Å². The van der Waals surface area contributed by atoms with Gasteiger partial charge in [-0.1, -0.05) is 47.6 Å². The second-order valence-electron chi connectivity index (χ2n) is 3.99. The molecule has 0 aliphatic carbocycles. The number of thioether (sulfide) groups is 1. The molecule has 3 heteroatoms. The largest absolute Gasteiger partial charge is 0.288 e. The van der Waals surface area contributed by atoms with E-state index in [-0.39, 0.29) is 5.78 Å². The Kier molecular flexibility index (Phi) is 2.98. The van der Waals surface area contributed by atoms with Crippen LogP contribution in [0.1, 0.15) is 15.9 Å². The third kappa shape index (κ3) is 2.09. The molecular formula is C15H9ClOS. The Balaban J connectivity index is 1.97. The van der Waals surface area contributed by atoms with E-state index in [0.29, 0.717) is 5.02 Å². The van der Waals surface area contributed by atoms with Crippen molar-refractivity contribution in [3.8, 4) is 0 Å². The number of hydrogen-bond acceptors (Lipinski definition) is 2. The first-order valence-corrected chi connectivity index (χ1v) is 6.72. The number of hydrogen-bond donors (Lipinski definition) is 0. The second kappa shape index (κ2) is 4.63. The monoisotopic (exact) mass is 272 g/mol. The molecule has 88 valence electrons. The van der Waals surface area contributed by atoms with Crippen molar-refractivity contribution in [3.05, 3.63) is 69.6 Å². The predicted octanol–water partition coefficient (Wildman–Crippen LogP) is 4.67. The van der Waals surface area contributed by atoms with Gasteiger partial charge in [0.1, 0.15) is 0 Å². The molecule has 2 aromatic carbocycles. The van der Waals surface area contributed by atoms with E-state index in [4.69, 9.17) is 11.6 Å². The van der Waals surface area contributed by atoms with Crippen LogP contribution >= 0.6 is 23.4 Å². The van der Waals surface area contributed by atoms with Crippen LogP contribution < -0.4 is 0 Å². The minimum absolute atomic E-state index is 0.102. The molecule has 1 aliphatic rings.